The van der Waals surface area contributed by atoms with E-state index < -0.39 is 71.1 Å². The fourth-order valence-electron chi connectivity index (χ4n) is 2.55. The highest BCUT2D eigenvalue weighted by atomic mass is 32.3. The van der Waals surface area contributed by atoms with Gasteiger partial charge in [-0.2, -0.15) is 74.3 Å². The fourth-order valence-corrected chi connectivity index (χ4v) is 3.06. The average Bonchev–Trinajstić information content (AvgIpc) is 2.64. The highest BCUT2D eigenvalue weighted by Crippen LogP contribution is 2.63. The monoisotopic (exact) mass is 578 g/mol. The molecule has 1 unspecified atom stereocenters. The van der Waals surface area contributed by atoms with Crippen molar-refractivity contribution in [3.8, 4) is 0 Å². The Hall–Kier alpha value is -1.18. The third-order valence-corrected chi connectivity index (χ3v) is 5.04. The summed E-state index contributed by atoms with van der Waals surface area (Å²) in [5.74, 6) is -48.3. The molecule has 1 N–H and O–H groups in total. The van der Waals surface area contributed by atoms with E-state index >= 15 is 0 Å². The van der Waals surface area contributed by atoms with Crippen molar-refractivity contribution in [2.75, 3.05) is 0 Å². The molecule has 0 fully saturated rings. The Morgan fingerprint density at radius 1 is 0.629 bits per heavy atom. The number of halogens is 15. The summed E-state index contributed by atoms with van der Waals surface area (Å²) in [6.07, 6.45) is -13.6. The van der Waals surface area contributed by atoms with Crippen LogP contribution in [-0.2, 0) is 14.6 Å². The van der Waals surface area contributed by atoms with Gasteiger partial charge in [0.25, 0.3) is 0 Å². The molecule has 35 heavy (non-hydrogen) atoms. The van der Waals surface area contributed by atoms with Gasteiger partial charge in [-0.25, -0.2) is 4.18 Å². The topological polar surface area (TPSA) is 63.6 Å². The van der Waals surface area contributed by atoms with Crippen LogP contribution in [0.15, 0.2) is 0 Å². The average molecular weight is 578 g/mol. The molecule has 0 aliphatic carbocycles. The van der Waals surface area contributed by atoms with Crippen LogP contribution in [0.25, 0.3) is 0 Å². The summed E-state index contributed by atoms with van der Waals surface area (Å²) in [5, 5.41) is 0. The van der Waals surface area contributed by atoms with E-state index in [1.165, 1.54) is 0 Å². The van der Waals surface area contributed by atoms with Crippen LogP contribution < -0.4 is 0 Å². The molecule has 0 radical (unpaired) electrons. The normalized spacial score (nSPS) is 16.5. The molecule has 212 valence electrons. The first-order chi connectivity index (χ1) is 15.2. The standard InChI is InChI=1S/C15H17F15O4S/c1-2-3-4-5-6-7-8(34-35(31,32)33)9(16,17)10(18,19)11(20,21)12(22,23)13(24,25)14(26,27)15(28,29)30/h8H,2-7H2,1H3,(H,31,32,33). The summed E-state index contributed by atoms with van der Waals surface area (Å²) in [6, 6.07) is 0. The summed E-state index contributed by atoms with van der Waals surface area (Å²) in [7, 11) is -6.23. The molecule has 4 nitrogen and oxygen atoms in total. The number of unbranched alkanes of at least 4 members (excludes halogenated alkanes) is 4. The SMILES string of the molecule is CCCCCCCC(OS(=O)(=O)O)C(F)(F)C(F)(F)C(F)(F)C(F)(F)C(F)(F)C(F)(F)C(F)(F)F. The quantitative estimate of drug-likeness (QED) is 0.138. The summed E-state index contributed by atoms with van der Waals surface area (Å²) < 4.78 is 232. The van der Waals surface area contributed by atoms with Gasteiger partial charge in [0.15, 0.2) is 0 Å². The molecular formula is C15H17F15O4S. The van der Waals surface area contributed by atoms with E-state index in [9.17, 15) is 74.3 Å². The Morgan fingerprint density at radius 2 is 1.00 bits per heavy atom. The maximum absolute atomic E-state index is 14.2. The van der Waals surface area contributed by atoms with Crippen molar-refractivity contribution in [1.82, 2.24) is 0 Å². The van der Waals surface area contributed by atoms with Crippen molar-refractivity contribution in [1.29, 1.82) is 0 Å². The van der Waals surface area contributed by atoms with Crippen LogP contribution in [-0.4, -0.2) is 60.8 Å². The molecule has 0 bridgehead atoms. The van der Waals surface area contributed by atoms with Gasteiger partial charge in [-0.1, -0.05) is 39.0 Å². The minimum Gasteiger partial charge on any atom is -0.264 e. The highest BCUT2D eigenvalue weighted by molar-refractivity contribution is 7.80. The smallest absolute Gasteiger partial charge is 0.264 e. The van der Waals surface area contributed by atoms with Crippen LogP contribution in [0.1, 0.15) is 45.4 Å². The van der Waals surface area contributed by atoms with Gasteiger partial charge in [0.2, 0.25) is 0 Å². The van der Waals surface area contributed by atoms with E-state index in [-0.39, 0.29) is 12.8 Å². The lowest BCUT2D eigenvalue weighted by Gasteiger charge is -2.42. The first-order valence-corrected chi connectivity index (χ1v) is 10.5. The zero-order chi connectivity index (χ0) is 28.5. The number of hydrogen-bond acceptors (Lipinski definition) is 3. The van der Waals surface area contributed by atoms with Crippen molar-refractivity contribution in [3.63, 3.8) is 0 Å². The molecule has 0 aromatic heterocycles. The minimum atomic E-state index is -8.50. The molecule has 0 heterocycles. The van der Waals surface area contributed by atoms with Crippen molar-refractivity contribution < 1.29 is 83.0 Å². The van der Waals surface area contributed by atoms with Crippen molar-refractivity contribution in [2.45, 2.75) is 93.3 Å². The first-order valence-electron chi connectivity index (χ1n) is 9.16. The van der Waals surface area contributed by atoms with Crippen molar-refractivity contribution in [3.05, 3.63) is 0 Å². The number of hydrogen-bond donors (Lipinski definition) is 1. The van der Waals surface area contributed by atoms with E-state index in [0.29, 0.717) is 12.8 Å². The molecule has 0 saturated heterocycles. The van der Waals surface area contributed by atoms with Crippen LogP contribution >= 0.6 is 0 Å². The van der Waals surface area contributed by atoms with Gasteiger partial charge in [-0.15, -0.1) is 0 Å². The largest absolute Gasteiger partial charge is 0.460 e. The molecule has 0 aliphatic rings. The van der Waals surface area contributed by atoms with Gasteiger partial charge < -0.3 is 0 Å². The molecule has 0 amide bonds. The second kappa shape index (κ2) is 10.3. The van der Waals surface area contributed by atoms with Gasteiger partial charge >= 0.3 is 52.1 Å². The predicted molar refractivity (Wildman–Crippen MR) is 85.5 cm³/mol. The molecule has 0 rings (SSSR count). The van der Waals surface area contributed by atoms with Crippen LogP contribution in [0.5, 0.6) is 0 Å². The lowest BCUT2D eigenvalue weighted by molar-refractivity contribution is -0.455. The summed E-state index contributed by atoms with van der Waals surface area (Å²) >= 11 is 0. The maximum Gasteiger partial charge on any atom is 0.460 e. The van der Waals surface area contributed by atoms with Crippen molar-refractivity contribution >= 4 is 10.4 Å². The van der Waals surface area contributed by atoms with Crippen LogP contribution in [0.2, 0.25) is 0 Å². The summed E-state index contributed by atoms with van der Waals surface area (Å²) in [6.45, 7) is 1.62. The van der Waals surface area contributed by atoms with Gasteiger partial charge in [0, 0.05) is 0 Å². The zero-order valence-corrected chi connectivity index (χ0v) is 17.9. The van der Waals surface area contributed by atoms with Crippen molar-refractivity contribution in [2.24, 2.45) is 0 Å². The molecule has 0 aliphatic heterocycles. The summed E-state index contributed by atoms with van der Waals surface area (Å²) in [4.78, 5) is 0. The Kier molecular flexibility index (Phi) is 9.95. The third-order valence-electron chi connectivity index (χ3n) is 4.56. The molecule has 20 heteroatoms. The van der Waals surface area contributed by atoms with E-state index in [4.69, 9.17) is 4.55 Å². The number of alkyl halides is 15. The van der Waals surface area contributed by atoms with Gasteiger partial charge in [0.05, 0.1) is 0 Å². The molecule has 1 atom stereocenters. The highest BCUT2D eigenvalue weighted by Gasteiger charge is 2.93. The Balaban J connectivity index is 6.54. The Labute approximate surface area is 187 Å². The van der Waals surface area contributed by atoms with Gasteiger partial charge in [-0.05, 0) is 6.42 Å². The first kappa shape index (κ1) is 33.8. The molecule has 0 aromatic rings. The molecule has 0 saturated carbocycles. The van der Waals surface area contributed by atoms with E-state index in [0.717, 1.165) is 0 Å². The van der Waals surface area contributed by atoms with E-state index in [1.807, 2.05) is 0 Å². The lowest BCUT2D eigenvalue weighted by Crippen LogP contribution is -2.73. The lowest BCUT2D eigenvalue weighted by atomic mass is 9.88. The molecule has 0 spiro atoms. The fraction of sp³-hybridized carbons (Fsp3) is 1.00. The Morgan fingerprint density at radius 3 is 1.37 bits per heavy atom. The minimum absolute atomic E-state index is 0.143. The van der Waals surface area contributed by atoms with Crippen LogP contribution in [0.4, 0.5) is 65.9 Å². The summed E-state index contributed by atoms with van der Waals surface area (Å²) in [5.41, 5.74) is 0. The van der Waals surface area contributed by atoms with Crippen LogP contribution in [0, 0.1) is 0 Å². The van der Waals surface area contributed by atoms with Gasteiger partial charge in [-0.3, -0.25) is 4.55 Å². The third kappa shape index (κ3) is 6.22. The Bertz CT molecular complexity index is 808. The predicted octanol–water partition coefficient (Wildman–Crippen LogP) is 6.91. The zero-order valence-electron chi connectivity index (χ0n) is 17.1. The maximum atomic E-state index is 14.2. The number of rotatable bonds is 14. The van der Waals surface area contributed by atoms with Gasteiger partial charge in [0.1, 0.15) is 6.10 Å². The second-order valence-corrected chi connectivity index (χ2v) is 8.26. The van der Waals surface area contributed by atoms with E-state index in [2.05, 4.69) is 4.18 Å². The van der Waals surface area contributed by atoms with E-state index in [1.54, 1.807) is 6.92 Å². The van der Waals surface area contributed by atoms with Crippen LogP contribution in [0.3, 0.4) is 0 Å². The molecular weight excluding hydrogens is 561 g/mol. The second-order valence-electron chi connectivity index (χ2n) is 7.21. The molecule has 0 aromatic carbocycles.